The molecule has 0 radical (unpaired) electrons. The van der Waals surface area contributed by atoms with E-state index in [0.29, 0.717) is 16.7 Å². The molecule has 0 saturated heterocycles. The molecule has 0 heterocycles. The van der Waals surface area contributed by atoms with Gasteiger partial charge in [-0.25, -0.2) is 4.79 Å². The number of aromatic hydroxyl groups is 2. The molecule has 0 aromatic heterocycles. The van der Waals surface area contributed by atoms with Crippen molar-refractivity contribution < 1.29 is 20.1 Å². The van der Waals surface area contributed by atoms with Crippen LogP contribution in [0.25, 0.3) is 17.2 Å². The third-order valence-corrected chi connectivity index (χ3v) is 2.66. The maximum atomic E-state index is 10.6. The van der Waals surface area contributed by atoms with Gasteiger partial charge in [-0.1, -0.05) is 36.4 Å². The quantitative estimate of drug-likeness (QED) is 0.583. The summed E-state index contributed by atoms with van der Waals surface area (Å²) in [6, 6.07) is 11.8. The van der Waals surface area contributed by atoms with E-state index in [9.17, 15) is 15.0 Å². The van der Waals surface area contributed by atoms with Crippen LogP contribution in [0.1, 0.15) is 5.56 Å². The van der Waals surface area contributed by atoms with Crippen molar-refractivity contribution in [2.45, 2.75) is 0 Å². The van der Waals surface area contributed by atoms with Gasteiger partial charge < -0.3 is 15.3 Å². The predicted octanol–water partition coefficient (Wildman–Crippen LogP) is 2.86. The van der Waals surface area contributed by atoms with E-state index in [1.807, 2.05) is 6.07 Å². The molecule has 2 aromatic carbocycles. The van der Waals surface area contributed by atoms with Crippen LogP contribution in [0.5, 0.6) is 11.5 Å². The van der Waals surface area contributed by atoms with E-state index >= 15 is 0 Å². The number of phenols is 2. The Morgan fingerprint density at radius 1 is 1.00 bits per heavy atom. The molecule has 2 rings (SSSR count). The van der Waals surface area contributed by atoms with Crippen molar-refractivity contribution in [1.29, 1.82) is 0 Å². The Morgan fingerprint density at radius 3 is 2.32 bits per heavy atom. The number of carbonyl (C=O) groups is 1. The van der Waals surface area contributed by atoms with Crippen LogP contribution in [-0.2, 0) is 4.79 Å². The molecular weight excluding hydrogens is 244 g/mol. The summed E-state index contributed by atoms with van der Waals surface area (Å²) in [7, 11) is 0. The van der Waals surface area contributed by atoms with Crippen LogP contribution in [0.3, 0.4) is 0 Å². The average molecular weight is 256 g/mol. The Morgan fingerprint density at radius 2 is 1.68 bits per heavy atom. The molecule has 19 heavy (non-hydrogen) atoms. The van der Waals surface area contributed by atoms with Crippen molar-refractivity contribution in [2.24, 2.45) is 0 Å². The van der Waals surface area contributed by atoms with Crippen molar-refractivity contribution in [3.8, 4) is 22.6 Å². The zero-order chi connectivity index (χ0) is 13.8. The van der Waals surface area contributed by atoms with Crippen LogP contribution in [0.2, 0.25) is 0 Å². The van der Waals surface area contributed by atoms with Crippen LogP contribution in [0, 0.1) is 0 Å². The first-order valence-electron chi connectivity index (χ1n) is 5.61. The number of phenolic OH excluding ortho intramolecular Hbond substituents is 2. The van der Waals surface area contributed by atoms with Crippen molar-refractivity contribution >= 4 is 12.0 Å². The Bertz CT molecular complexity index is 630. The second kappa shape index (κ2) is 5.27. The highest BCUT2D eigenvalue weighted by Crippen LogP contribution is 2.39. The van der Waals surface area contributed by atoms with Crippen LogP contribution in [0.4, 0.5) is 0 Å². The molecule has 0 fully saturated rings. The molecule has 0 aliphatic rings. The fraction of sp³-hybridized carbons (Fsp3) is 0. The highest BCUT2D eigenvalue weighted by Gasteiger charge is 2.12. The topological polar surface area (TPSA) is 77.8 Å². The molecule has 0 aliphatic heterocycles. The highest BCUT2D eigenvalue weighted by molar-refractivity contribution is 5.89. The fourth-order valence-corrected chi connectivity index (χ4v) is 1.80. The molecule has 0 bridgehead atoms. The molecule has 3 N–H and O–H groups in total. The number of benzene rings is 2. The van der Waals surface area contributed by atoms with Gasteiger partial charge in [0.15, 0.2) is 11.5 Å². The zero-order valence-corrected chi connectivity index (χ0v) is 9.95. The second-order valence-corrected chi connectivity index (χ2v) is 3.94. The summed E-state index contributed by atoms with van der Waals surface area (Å²) in [4.78, 5) is 10.6. The van der Waals surface area contributed by atoms with Gasteiger partial charge in [-0.3, -0.25) is 0 Å². The van der Waals surface area contributed by atoms with Gasteiger partial charge in [0.1, 0.15) is 0 Å². The van der Waals surface area contributed by atoms with Gasteiger partial charge in [-0.15, -0.1) is 0 Å². The Hall–Kier alpha value is -2.75. The average Bonchev–Trinajstić information content (AvgIpc) is 2.41. The standard InChI is InChI=1S/C15H12O4/c16-12-8-6-11(7-9-13(17)18)14(15(12)19)10-4-2-1-3-5-10/h1-9,16,19H,(H,17,18). The molecule has 2 aromatic rings. The summed E-state index contributed by atoms with van der Waals surface area (Å²) < 4.78 is 0. The van der Waals surface area contributed by atoms with E-state index in [1.165, 1.54) is 12.1 Å². The lowest BCUT2D eigenvalue weighted by atomic mass is 9.97. The van der Waals surface area contributed by atoms with Gasteiger partial charge in [-0.2, -0.15) is 0 Å². The lowest BCUT2D eigenvalue weighted by molar-refractivity contribution is -0.131. The third kappa shape index (κ3) is 2.74. The predicted molar refractivity (Wildman–Crippen MR) is 71.9 cm³/mol. The van der Waals surface area contributed by atoms with Crippen LogP contribution >= 0.6 is 0 Å². The summed E-state index contributed by atoms with van der Waals surface area (Å²) in [5.41, 5.74) is 1.61. The van der Waals surface area contributed by atoms with Gasteiger partial charge in [0, 0.05) is 11.6 Å². The largest absolute Gasteiger partial charge is 0.504 e. The lowest BCUT2D eigenvalue weighted by Crippen LogP contribution is -1.89. The highest BCUT2D eigenvalue weighted by atomic mass is 16.4. The summed E-state index contributed by atoms with van der Waals surface area (Å²) in [6.45, 7) is 0. The number of aliphatic carboxylic acids is 1. The third-order valence-electron chi connectivity index (χ3n) is 2.66. The summed E-state index contributed by atoms with van der Waals surface area (Å²) >= 11 is 0. The second-order valence-electron chi connectivity index (χ2n) is 3.94. The smallest absolute Gasteiger partial charge is 0.328 e. The zero-order valence-electron chi connectivity index (χ0n) is 9.95. The maximum absolute atomic E-state index is 10.6. The van der Waals surface area contributed by atoms with Gasteiger partial charge in [0.2, 0.25) is 0 Å². The van der Waals surface area contributed by atoms with Gasteiger partial charge in [-0.05, 0) is 23.3 Å². The van der Waals surface area contributed by atoms with Crippen LogP contribution in [0.15, 0.2) is 48.5 Å². The lowest BCUT2D eigenvalue weighted by Gasteiger charge is -2.10. The summed E-state index contributed by atoms with van der Waals surface area (Å²) in [5, 5.41) is 28.2. The molecular formula is C15H12O4. The van der Waals surface area contributed by atoms with Crippen molar-refractivity contribution in [1.82, 2.24) is 0 Å². The first-order chi connectivity index (χ1) is 9.09. The van der Waals surface area contributed by atoms with Crippen molar-refractivity contribution in [3.63, 3.8) is 0 Å². The molecule has 0 amide bonds. The number of rotatable bonds is 3. The van der Waals surface area contributed by atoms with Gasteiger partial charge in [0.25, 0.3) is 0 Å². The molecule has 0 saturated carbocycles. The fourth-order valence-electron chi connectivity index (χ4n) is 1.80. The molecule has 0 aliphatic carbocycles. The monoisotopic (exact) mass is 256 g/mol. The number of carboxylic acids is 1. The normalized spacial score (nSPS) is 10.7. The Labute approximate surface area is 109 Å². The van der Waals surface area contributed by atoms with E-state index in [-0.39, 0.29) is 11.5 Å². The number of hydrogen-bond acceptors (Lipinski definition) is 3. The SMILES string of the molecule is O=C(O)C=Cc1ccc(O)c(O)c1-c1ccccc1. The summed E-state index contributed by atoms with van der Waals surface area (Å²) in [6.07, 6.45) is 2.36. The minimum absolute atomic E-state index is 0.244. The van der Waals surface area contributed by atoms with E-state index in [4.69, 9.17) is 5.11 Å². The molecule has 0 atom stereocenters. The number of hydrogen-bond donors (Lipinski definition) is 3. The maximum Gasteiger partial charge on any atom is 0.328 e. The first-order valence-corrected chi connectivity index (χ1v) is 5.61. The van der Waals surface area contributed by atoms with Crippen molar-refractivity contribution in [2.75, 3.05) is 0 Å². The van der Waals surface area contributed by atoms with E-state index in [1.54, 1.807) is 30.3 Å². The van der Waals surface area contributed by atoms with Gasteiger partial charge >= 0.3 is 5.97 Å². The number of carboxylic acid groups (broad SMARTS) is 1. The van der Waals surface area contributed by atoms with Gasteiger partial charge in [0.05, 0.1) is 0 Å². The Kier molecular flexibility index (Phi) is 3.52. The minimum Gasteiger partial charge on any atom is -0.504 e. The molecule has 96 valence electrons. The molecule has 0 spiro atoms. The molecule has 0 unspecified atom stereocenters. The van der Waals surface area contributed by atoms with Crippen LogP contribution < -0.4 is 0 Å². The van der Waals surface area contributed by atoms with E-state index in [2.05, 4.69) is 0 Å². The van der Waals surface area contributed by atoms with E-state index in [0.717, 1.165) is 6.08 Å². The first kappa shape index (κ1) is 12.7. The van der Waals surface area contributed by atoms with E-state index < -0.39 is 5.97 Å². The molecule has 4 nitrogen and oxygen atoms in total. The van der Waals surface area contributed by atoms with Crippen LogP contribution in [-0.4, -0.2) is 21.3 Å². The molecule has 4 heteroatoms. The van der Waals surface area contributed by atoms with Crippen molar-refractivity contribution in [3.05, 3.63) is 54.1 Å². The minimum atomic E-state index is -1.08. The summed E-state index contributed by atoms with van der Waals surface area (Å²) in [5.74, 6) is -1.59. The Balaban J connectivity index is 2.62.